The third-order valence-electron chi connectivity index (χ3n) is 3.78. The second-order valence-electron chi connectivity index (χ2n) is 5.41. The Morgan fingerprint density at radius 2 is 2.09 bits per heavy atom. The van der Waals surface area contributed by atoms with E-state index in [1.54, 1.807) is 6.20 Å². The molecule has 0 aliphatic rings. The van der Waals surface area contributed by atoms with Crippen molar-refractivity contribution < 1.29 is 4.79 Å². The van der Waals surface area contributed by atoms with E-state index in [4.69, 9.17) is 5.73 Å². The minimum absolute atomic E-state index is 0.134. The average molecular weight is 365 g/mol. The molecule has 2 rings (SSSR count). The van der Waals surface area contributed by atoms with Crippen LogP contribution in [0.4, 0.5) is 5.95 Å². The fourth-order valence-electron chi connectivity index (χ4n) is 2.05. The van der Waals surface area contributed by atoms with Crippen LogP contribution in [-0.4, -0.2) is 21.5 Å². The minimum Gasteiger partial charge on any atom is -0.320 e. The first-order valence-electron chi connectivity index (χ1n) is 7.33. The highest BCUT2D eigenvalue weighted by Gasteiger charge is 2.20. The quantitative estimate of drug-likeness (QED) is 0.827. The monoisotopic (exact) mass is 364 g/mol. The van der Waals surface area contributed by atoms with Crippen LogP contribution in [0.2, 0.25) is 0 Å². The summed E-state index contributed by atoms with van der Waals surface area (Å²) in [7, 11) is 0. The summed E-state index contributed by atoms with van der Waals surface area (Å²) in [5.41, 5.74) is 7.08. The van der Waals surface area contributed by atoms with Gasteiger partial charge in [-0.1, -0.05) is 48.3 Å². The summed E-state index contributed by atoms with van der Waals surface area (Å²) < 4.78 is 2.93. The summed E-state index contributed by atoms with van der Waals surface area (Å²) in [6.07, 6.45) is 4.37. The first-order chi connectivity index (χ1) is 10.5. The number of benzene rings is 1. The number of rotatable bonds is 6. The van der Waals surface area contributed by atoms with Gasteiger partial charge in [-0.25, -0.2) is 4.98 Å². The van der Waals surface area contributed by atoms with Gasteiger partial charge in [0.05, 0.1) is 12.6 Å². The molecule has 1 aromatic heterocycles. The highest BCUT2D eigenvalue weighted by Crippen LogP contribution is 2.14. The smallest absolute Gasteiger partial charge is 0.243 e. The summed E-state index contributed by atoms with van der Waals surface area (Å²) in [5.74, 6) is 0.458. The molecule has 22 heavy (non-hydrogen) atoms. The van der Waals surface area contributed by atoms with Crippen LogP contribution < -0.4 is 11.1 Å². The summed E-state index contributed by atoms with van der Waals surface area (Å²) in [6.45, 7) is 4.63. The molecule has 0 aliphatic carbocycles. The zero-order chi connectivity index (χ0) is 16.1. The first kappa shape index (κ1) is 16.7. The molecule has 0 radical (unpaired) electrons. The molecule has 2 unspecified atom stereocenters. The molecular formula is C16H21BrN4O. The van der Waals surface area contributed by atoms with Crippen LogP contribution in [0.25, 0.3) is 0 Å². The zero-order valence-electron chi connectivity index (χ0n) is 12.8. The number of carbonyl (C=O) groups is 1. The number of anilines is 1. The first-order valence-corrected chi connectivity index (χ1v) is 8.12. The van der Waals surface area contributed by atoms with E-state index < -0.39 is 6.04 Å². The van der Waals surface area contributed by atoms with E-state index in [9.17, 15) is 4.79 Å². The summed E-state index contributed by atoms with van der Waals surface area (Å²) >= 11 is 3.42. The highest BCUT2D eigenvalue weighted by atomic mass is 79.9. The van der Waals surface area contributed by atoms with E-state index >= 15 is 0 Å². The van der Waals surface area contributed by atoms with Gasteiger partial charge in [0.2, 0.25) is 11.9 Å². The lowest BCUT2D eigenvalue weighted by Crippen LogP contribution is -2.41. The predicted octanol–water partition coefficient (Wildman–Crippen LogP) is 3.01. The number of hydrogen-bond acceptors (Lipinski definition) is 3. The minimum atomic E-state index is -0.525. The van der Waals surface area contributed by atoms with E-state index in [1.807, 2.05) is 48.9 Å². The number of amides is 1. The maximum atomic E-state index is 12.2. The second-order valence-corrected chi connectivity index (χ2v) is 6.32. The van der Waals surface area contributed by atoms with Gasteiger partial charge < -0.3 is 10.3 Å². The van der Waals surface area contributed by atoms with Gasteiger partial charge in [0.15, 0.2) is 0 Å². The number of nitrogens with zero attached hydrogens (tertiary/aromatic N) is 2. The van der Waals surface area contributed by atoms with Crippen LogP contribution in [0.1, 0.15) is 25.8 Å². The maximum absolute atomic E-state index is 12.2. The number of imidazole rings is 1. The Kier molecular flexibility index (Phi) is 5.74. The number of carbonyl (C=O) groups excluding carboxylic acids is 1. The Hall–Kier alpha value is -1.66. The SMILES string of the molecule is CCC(C)C(N)C(=O)Nc1nccn1Cc1ccc(Br)cc1. The van der Waals surface area contributed by atoms with Gasteiger partial charge >= 0.3 is 0 Å². The molecule has 1 aromatic carbocycles. The van der Waals surface area contributed by atoms with E-state index in [-0.39, 0.29) is 11.8 Å². The molecule has 0 bridgehead atoms. The van der Waals surface area contributed by atoms with Gasteiger partial charge in [-0.15, -0.1) is 0 Å². The van der Waals surface area contributed by atoms with Gasteiger partial charge in [-0.3, -0.25) is 10.1 Å². The van der Waals surface area contributed by atoms with Crippen molar-refractivity contribution in [2.75, 3.05) is 5.32 Å². The summed E-state index contributed by atoms with van der Waals surface area (Å²) in [5, 5.41) is 2.82. The van der Waals surface area contributed by atoms with Gasteiger partial charge in [-0.2, -0.15) is 0 Å². The molecule has 118 valence electrons. The van der Waals surface area contributed by atoms with Crippen molar-refractivity contribution in [3.8, 4) is 0 Å². The molecule has 3 N–H and O–H groups in total. The van der Waals surface area contributed by atoms with Crippen molar-refractivity contribution in [3.63, 3.8) is 0 Å². The van der Waals surface area contributed by atoms with Crippen molar-refractivity contribution in [2.24, 2.45) is 11.7 Å². The van der Waals surface area contributed by atoms with Crippen LogP contribution in [-0.2, 0) is 11.3 Å². The fourth-order valence-corrected chi connectivity index (χ4v) is 2.32. The van der Waals surface area contributed by atoms with E-state index in [1.165, 1.54) is 0 Å². The van der Waals surface area contributed by atoms with Crippen LogP contribution in [0.15, 0.2) is 41.1 Å². The third-order valence-corrected chi connectivity index (χ3v) is 4.31. The van der Waals surface area contributed by atoms with E-state index in [0.717, 1.165) is 16.5 Å². The molecule has 1 amide bonds. The topological polar surface area (TPSA) is 72.9 Å². The zero-order valence-corrected chi connectivity index (χ0v) is 14.4. The van der Waals surface area contributed by atoms with Crippen LogP contribution in [0, 0.1) is 5.92 Å². The molecule has 1 heterocycles. The van der Waals surface area contributed by atoms with Gasteiger partial charge in [0, 0.05) is 16.9 Å². The average Bonchev–Trinajstić information content (AvgIpc) is 2.94. The number of halogens is 1. The molecule has 2 aromatic rings. The Morgan fingerprint density at radius 1 is 1.41 bits per heavy atom. The Morgan fingerprint density at radius 3 is 2.73 bits per heavy atom. The van der Waals surface area contributed by atoms with Crippen molar-refractivity contribution in [2.45, 2.75) is 32.9 Å². The van der Waals surface area contributed by atoms with E-state index in [0.29, 0.717) is 12.5 Å². The predicted molar refractivity (Wildman–Crippen MR) is 91.5 cm³/mol. The van der Waals surface area contributed by atoms with E-state index in [2.05, 4.69) is 26.2 Å². The van der Waals surface area contributed by atoms with Crippen LogP contribution in [0.3, 0.4) is 0 Å². The van der Waals surface area contributed by atoms with Gasteiger partial charge in [0.25, 0.3) is 0 Å². The number of nitrogens with two attached hydrogens (primary N) is 1. The molecule has 5 nitrogen and oxygen atoms in total. The molecule has 6 heteroatoms. The molecule has 0 saturated heterocycles. The normalized spacial score (nSPS) is 13.6. The summed E-state index contributed by atoms with van der Waals surface area (Å²) in [6, 6.07) is 7.51. The van der Waals surface area contributed by atoms with Crippen LogP contribution >= 0.6 is 15.9 Å². The van der Waals surface area contributed by atoms with Gasteiger partial charge in [-0.05, 0) is 23.6 Å². The van der Waals surface area contributed by atoms with Crippen molar-refractivity contribution in [1.29, 1.82) is 0 Å². The van der Waals surface area contributed by atoms with Crippen molar-refractivity contribution >= 4 is 27.8 Å². The van der Waals surface area contributed by atoms with Crippen molar-refractivity contribution in [1.82, 2.24) is 9.55 Å². The largest absolute Gasteiger partial charge is 0.320 e. The fraction of sp³-hybridized carbons (Fsp3) is 0.375. The second kappa shape index (κ2) is 7.56. The molecular weight excluding hydrogens is 344 g/mol. The lowest BCUT2D eigenvalue weighted by atomic mass is 10.00. The molecule has 0 fully saturated rings. The standard InChI is InChI=1S/C16H21BrN4O/c1-3-11(2)14(18)15(22)20-16-19-8-9-21(16)10-12-4-6-13(17)7-5-12/h4-9,11,14H,3,10,18H2,1-2H3,(H,19,20,22). The molecule has 2 atom stereocenters. The third kappa shape index (κ3) is 4.18. The number of aromatic nitrogens is 2. The molecule has 0 aliphatic heterocycles. The Bertz CT molecular complexity index is 623. The number of nitrogens with one attached hydrogen (secondary N) is 1. The van der Waals surface area contributed by atoms with Crippen molar-refractivity contribution in [3.05, 3.63) is 46.7 Å². The number of hydrogen-bond donors (Lipinski definition) is 2. The van der Waals surface area contributed by atoms with Gasteiger partial charge in [0.1, 0.15) is 0 Å². The molecule has 0 spiro atoms. The summed E-state index contributed by atoms with van der Waals surface area (Å²) in [4.78, 5) is 16.4. The maximum Gasteiger partial charge on any atom is 0.243 e. The molecule has 0 saturated carbocycles. The lowest BCUT2D eigenvalue weighted by molar-refractivity contribution is -0.118. The van der Waals surface area contributed by atoms with Crippen LogP contribution in [0.5, 0.6) is 0 Å². The Balaban J connectivity index is 2.06. The lowest BCUT2D eigenvalue weighted by Gasteiger charge is -2.18. The Labute approximate surface area is 139 Å². The highest BCUT2D eigenvalue weighted by molar-refractivity contribution is 9.10.